The predicted molar refractivity (Wildman–Crippen MR) is 154 cm³/mol. The Hall–Kier alpha value is -4.68. The molecule has 3 heterocycles. The van der Waals surface area contributed by atoms with Gasteiger partial charge in [-0.25, -0.2) is 22.5 Å². The van der Waals surface area contributed by atoms with Crippen molar-refractivity contribution >= 4 is 29.0 Å². The minimum atomic E-state index is -1.61. The molecule has 1 aliphatic rings. The summed E-state index contributed by atoms with van der Waals surface area (Å²) in [5.74, 6) is -5.09. The van der Waals surface area contributed by atoms with Gasteiger partial charge in [0.25, 0.3) is 5.91 Å². The van der Waals surface area contributed by atoms with Gasteiger partial charge in [-0.05, 0) is 44.0 Å². The van der Waals surface area contributed by atoms with Crippen molar-refractivity contribution in [1.82, 2.24) is 19.5 Å². The highest BCUT2D eigenvalue weighted by Gasteiger charge is 2.34. The molecule has 2 aromatic heterocycles. The van der Waals surface area contributed by atoms with E-state index in [1.807, 2.05) is 19.1 Å². The molecule has 4 aromatic rings. The fraction of sp³-hybridized carbons (Fsp3) is 0.355. The first-order valence-corrected chi connectivity index (χ1v) is 14.0. The molecule has 1 amide bonds. The summed E-state index contributed by atoms with van der Waals surface area (Å²) >= 11 is 0. The number of carbonyl (C=O) groups excluding carboxylic acids is 2. The number of rotatable bonds is 8. The van der Waals surface area contributed by atoms with Crippen molar-refractivity contribution in [3.63, 3.8) is 0 Å². The number of para-hydroxylation sites is 1. The van der Waals surface area contributed by atoms with Gasteiger partial charge in [-0.2, -0.15) is 9.61 Å². The zero-order valence-electron chi connectivity index (χ0n) is 24.6. The van der Waals surface area contributed by atoms with Gasteiger partial charge in [-0.15, -0.1) is 0 Å². The molecule has 0 bridgehead atoms. The number of methoxy groups -OCH3 is 1. The van der Waals surface area contributed by atoms with E-state index in [1.165, 1.54) is 28.7 Å². The highest BCUT2D eigenvalue weighted by molar-refractivity contribution is 5.94. The van der Waals surface area contributed by atoms with E-state index in [9.17, 15) is 22.8 Å². The van der Waals surface area contributed by atoms with E-state index >= 15 is 4.39 Å². The number of esters is 1. The van der Waals surface area contributed by atoms with E-state index in [-0.39, 0.29) is 55.1 Å². The van der Waals surface area contributed by atoms with Crippen molar-refractivity contribution in [2.45, 2.75) is 32.9 Å². The van der Waals surface area contributed by atoms with Gasteiger partial charge in [0.05, 0.1) is 38.1 Å². The topological polar surface area (TPSA) is 89.3 Å². The third-order valence-electron chi connectivity index (χ3n) is 7.70. The number of fused-ring (bicyclic) bond motifs is 1. The number of hydrogen-bond donors (Lipinski definition) is 0. The number of aromatic nitrogens is 3. The lowest BCUT2D eigenvalue weighted by molar-refractivity contribution is -0.145. The summed E-state index contributed by atoms with van der Waals surface area (Å²) in [6, 6.07) is 10.0. The maximum Gasteiger partial charge on any atom is 0.306 e. The van der Waals surface area contributed by atoms with Crippen molar-refractivity contribution < 1.29 is 36.6 Å². The van der Waals surface area contributed by atoms with Gasteiger partial charge >= 0.3 is 5.97 Å². The SMILES string of the molecule is CCOC(=O)CC1CCN(C(=O)c2cc3nc(-c4cc(F)c(F)c(F)c4)cc(N(C)c4c(C)cccc4OC)n3n2)CC1F. The average molecular weight is 614 g/mol. The Balaban J connectivity index is 1.55. The van der Waals surface area contributed by atoms with Crippen LogP contribution in [0.2, 0.25) is 0 Å². The van der Waals surface area contributed by atoms with Crippen LogP contribution in [-0.2, 0) is 9.53 Å². The number of halogens is 4. The third-order valence-corrected chi connectivity index (χ3v) is 7.70. The van der Waals surface area contributed by atoms with Crippen molar-refractivity contribution in [3.05, 3.63) is 71.2 Å². The molecular formula is C31H31F4N5O4. The smallest absolute Gasteiger partial charge is 0.306 e. The Kier molecular flexibility index (Phi) is 8.75. The molecule has 0 saturated carbocycles. The third kappa shape index (κ3) is 5.90. The molecule has 5 rings (SSSR count). The maximum absolute atomic E-state index is 15.0. The second-order valence-electron chi connectivity index (χ2n) is 10.6. The molecular weight excluding hydrogens is 582 g/mol. The van der Waals surface area contributed by atoms with Crippen LogP contribution in [0.3, 0.4) is 0 Å². The molecule has 13 heteroatoms. The van der Waals surface area contributed by atoms with Gasteiger partial charge in [0.15, 0.2) is 28.8 Å². The minimum absolute atomic E-state index is 0.0337. The quantitative estimate of drug-likeness (QED) is 0.144. The number of alkyl halides is 1. The molecule has 2 atom stereocenters. The number of aryl methyl sites for hydroxylation is 1. The van der Waals surface area contributed by atoms with Gasteiger partial charge < -0.3 is 19.3 Å². The first-order chi connectivity index (χ1) is 21.0. The summed E-state index contributed by atoms with van der Waals surface area (Å²) in [4.78, 5) is 32.9. The molecule has 232 valence electrons. The maximum atomic E-state index is 15.0. The molecule has 0 radical (unpaired) electrons. The van der Waals surface area contributed by atoms with Crippen molar-refractivity contribution in [2.75, 3.05) is 38.8 Å². The van der Waals surface area contributed by atoms with E-state index in [2.05, 4.69) is 10.1 Å². The van der Waals surface area contributed by atoms with Crippen LogP contribution in [0.5, 0.6) is 5.75 Å². The van der Waals surface area contributed by atoms with E-state index in [0.717, 1.165) is 17.7 Å². The summed E-state index contributed by atoms with van der Waals surface area (Å²) in [6.45, 7) is 3.73. The zero-order valence-corrected chi connectivity index (χ0v) is 24.6. The van der Waals surface area contributed by atoms with Crippen molar-refractivity contribution in [1.29, 1.82) is 0 Å². The number of hydrogen-bond acceptors (Lipinski definition) is 7. The molecule has 44 heavy (non-hydrogen) atoms. The Morgan fingerprint density at radius 3 is 2.50 bits per heavy atom. The molecule has 0 N–H and O–H groups in total. The normalized spacial score (nSPS) is 16.7. The number of nitrogens with zero attached hydrogens (tertiary/aromatic N) is 5. The molecule has 1 fully saturated rings. The van der Waals surface area contributed by atoms with E-state index in [0.29, 0.717) is 17.3 Å². The van der Waals surface area contributed by atoms with Crippen LogP contribution in [0.4, 0.5) is 29.1 Å². The summed E-state index contributed by atoms with van der Waals surface area (Å²) in [6.07, 6.45) is -1.23. The number of ether oxygens (including phenoxy) is 2. The van der Waals surface area contributed by atoms with Crippen LogP contribution in [0.15, 0.2) is 42.5 Å². The zero-order chi connectivity index (χ0) is 31.7. The Morgan fingerprint density at radius 1 is 1.11 bits per heavy atom. The first-order valence-electron chi connectivity index (χ1n) is 14.0. The predicted octanol–water partition coefficient (Wildman–Crippen LogP) is 5.65. The Morgan fingerprint density at radius 2 is 1.84 bits per heavy atom. The molecule has 2 aromatic carbocycles. The van der Waals surface area contributed by atoms with Gasteiger partial charge in [-0.1, -0.05) is 12.1 Å². The fourth-order valence-corrected chi connectivity index (χ4v) is 5.46. The number of amides is 1. The summed E-state index contributed by atoms with van der Waals surface area (Å²) in [5.41, 5.74) is 1.66. The van der Waals surface area contributed by atoms with Gasteiger partial charge in [0.1, 0.15) is 17.7 Å². The highest BCUT2D eigenvalue weighted by atomic mass is 19.2. The van der Waals surface area contributed by atoms with Crippen LogP contribution in [0, 0.1) is 30.3 Å². The van der Waals surface area contributed by atoms with Crippen molar-refractivity contribution in [3.8, 4) is 17.0 Å². The van der Waals surface area contributed by atoms with Crippen LogP contribution in [-0.4, -0.2) is 71.4 Å². The number of benzene rings is 2. The lowest BCUT2D eigenvalue weighted by Crippen LogP contribution is -2.45. The standard InChI is InChI=1S/C31H31F4N5O4/c1-5-44-28(41)13-18-9-10-39(16-22(18)34)31(42)24-14-26-36-23(19-11-20(32)29(35)21(33)12-19)15-27(40(26)37-24)38(3)30-17(2)7-6-8-25(30)43-4/h6-8,11-12,14-15,18,22H,5,9-10,13,16H2,1-4H3. The monoisotopic (exact) mass is 613 g/mol. The lowest BCUT2D eigenvalue weighted by atomic mass is 9.91. The molecule has 2 unspecified atom stereocenters. The van der Waals surface area contributed by atoms with Crippen LogP contribution >= 0.6 is 0 Å². The average Bonchev–Trinajstić information content (AvgIpc) is 3.43. The van der Waals surface area contributed by atoms with E-state index < -0.39 is 41.4 Å². The summed E-state index contributed by atoms with van der Waals surface area (Å²) in [5, 5.41) is 4.50. The number of carbonyl (C=O) groups is 2. The molecule has 9 nitrogen and oxygen atoms in total. The Labute approximate surface area is 251 Å². The van der Waals surface area contributed by atoms with Gasteiger partial charge in [0.2, 0.25) is 0 Å². The second kappa shape index (κ2) is 12.5. The minimum Gasteiger partial charge on any atom is -0.495 e. The largest absolute Gasteiger partial charge is 0.495 e. The summed E-state index contributed by atoms with van der Waals surface area (Å²) in [7, 11) is 3.24. The number of likely N-dealkylation sites (tertiary alicyclic amines) is 1. The Bertz CT molecular complexity index is 1710. The number of anilines is 2. The van der Waals surface area contributed by atoms with Gasteiger partial charge in [-0.3, -0.25) is 9.59 Å². The van der Waals surface area contributed by atoms with Crippen molar-refractivity contribution in [2.24, 2.45) is 5.92 Å². The number of piperidine rings is 1. The molecule has 0 spiro atoms. The lowest BCUT2D eigenvalue weighted by Gasteiger charge is -2.33. The second-order valence-corrected chi connectivity index (χ2v) is 10.6. The highest BCUT2D eigenvalue weighted by Crippen LogP contribution is 2.37. The van der Waals surface area contributed by atoms with E-state index in [1.54, 1.807) is 24.9 Å². The molecule has 1 saturated heterocycles. The van der Waals surface area contributed by atoms with E-state index in [4.69, 9.17) is 9.47 Å². The van der Waals surface area contributed by atoms with Crippen LogP contribution in [0.25, 0.3) is 16.9 Å². The van der Waals surface area contributed by atoms with Gasteiger partial charge in [0, 0.05) is 37.2 Å². The fourth-order valence-electron chi connectivity index (χ4n) is 5.46. The van der Waals surface area contributed by atoms with Crippen LogP contribution < -0.4 is 9.64 Å². The van der Waals surface area contributed by atoms with Crippen LogP contribution in [0.1, 0.15) is 35.8 Å². The molecule has 1 aliphatic heterocycles. The summed E-state index contributed by atoms with van der Waals surface area (Å²) < 4.78 is 69.1. The molecule has 0 aliphatic carbocycles. The first kappa shape index (κ1) is 30.8.